The average Bonchev–Trinajstić information content (AvgIpc) is 2.76. The van der Waals surface area contributed by atoms with E-state index in [1.54, 1.807) is 11.9 Å². The van der Waals surface area contributed by atoms with Crippen molar-refractivity contribution >= 4 is 23.6 Å². The van der Waals surface area contributed by atoms with Crippen molar-refractivity contribution in [1.29, 1.82) is 0 Å². The Morgan fingerprint density at radius 1 is 1.19 bits per heavy atom. The molecule has 27 heavy (non-hydrogen) atoms. The maximum Gasteiger partial charge on any atom is 0.305 e. The quantitative estimate of drug-likeness (QED) is 0.419. The van der Waals surface area contributed by atoms with Gasteiger partial charge >= 0.3 is 5.97 Å². The van der Waals surface area contributed by atoms with Crippen LogP contribution in [0, 0.1) is 6.92 Å². The summed E-state index contributed by atoms with van der Waals surface area (Å²) in [6, 6.07) is 15.4. The number of rotatable bonds is 7. The molecule has 1 N–H and O–H groups in total. The lowest BCUT2D eigenvalue weighted by Crippen LogP contribution is -2.24. The summed E-state index contributed by atoms with van der Waals surface area (Å²) >= 11 is 1.78. The largest absolute Gasteiger partial charge is 0.466 e. The predicted octanol–water partition coefficient (Wildman–Crippen LogP) is 4.86. The lowest BCUT2D eigenvalue weighted by molar-refractivity contribution is -0.143. The van der Waals surface area contributed by atoms with Crippen LogP contribution in [0.4, 0.5) is 5.69 Å². The minimum atomic E-state index is -0.101. The Morgan fingerprint density at radius 3 is 2.81 bits per heavy atom. The van der Waals surface area contributed by atoms with Crippen LogP contribution in [0.15, 0.2) is 47.4 Å². The number of aryl methyl sites for hydroxylation is 1. The zero-order valence-electron chi connectivity index (χ0n) is 16.3. The van der Waals surface area contributed by atoms with Gasteiger partial charge in [-0.1, -0.05) is 30.3 Å². The number of fused-ring (bicyclic) bond motifs is 2. The van der Waals surface area contributed by atoms with Gasteiger partial charge in [-0.3, -0.25) is 4.79 Å². The minimum absolute atomic E-state index is 0.101. The molecule has 1 unspecified atom stereocenters. The van der Waals surface area contributed by atoms with Gasteiger partial charge in [-0.15, -0.1) is 0 Å². The van der Waals surface area contributed by atoms with Gasteiger partial charge in [-0.05, 0) is 74.0 Å². The third-order valence-corrected chi connectivity index (χ3v) is 5.78. The van der Waals surface area contributed by atoms with Gasteiger partial charge in [-0.2, -0.15) is 0 Å². The third kappa shape index (κ3) is 4.85. The van der Waals surface area contributed by atoms with Crippen molar-refractivity contribution in [3.05, 3.63) is 59.2 Å². The molecular formula is C22H28N2O2S. The Balaban J connectivity index is 1.75. The number of anilines is 1. The van der Waals surface area contributed by atoms with Gasteiger partial charge < -0.3 is 14.4 Å². The maximum atomic E-state index is 11.5. The summed E-state index contributed by atoms with van der Waals surface area (Å²) in [7, 11) is 2.12. The second-order valence-electron chi connectivity index (χ2n) is 6.84. The van der Waals surface area contributed by atoms with E-state index >= 15 is 0 Å². The fraction of sp³-hybridized carbons (Fsp3) is 0.409. The molecule has 0 radical (unpaired) electrons. The summed E-state index contributed by atoms with van der Waals surface area (Å²) in [5, 5.41) is 3.73. The number of nitrogens with zero attached hydrogens (tertiary/aromatic N) is 1. The van der Waals surface area contributed by atoms with Gasteiger partial charge in [0, 0.05) is 18.4 Å². The number of carbonyl (C=O) groups excluding carboxylic acids is 1. The number of ether oxygens (including phenoxy) is 1. The molecule has 0 aliphatic carbocycles. The number of hydrogen-bond donors (Lipinski definition) is 1. The summed E-state index contributed by atoms with van der Waals surface area (Å²) in [6.07, 6.45) is 2.28. The van der Waals surface area contributed by atoms with E-state index in [2.05, 4.69) is 66.1 Å². The fourth-order valence-corrected chi connectivity index (χ4v) is 4.53. The number of carbonyl (C=O) groups is 1. The molecule has 2 aromatic rings. The highest BCUT2D eigenvalue weighted by molar-refractivity contribution is 8.00. The van der Waals surface area contributed by atoms with Crippen LogP contribution in [0.1, 0.15) is 48.9 Å². The normalized spacial score (nSPS) is 15.7. The van der Waals surface area contributed by atoms with E-state index in [0.717, 1.165) is 19.4 Å². The molecule has 1 aliphatic rings. The lowest BCUT2D eigenvalue weighted by Gasteiger charge is -2.22. The van der Waals surface area contributed by atoms with Gasteiger partial charge in [-0.25, -0.2) is 0 Å². The van der Waals surface area contributed by atoms with Crippen LogP contribution < -0.4 is 9.62 Å². The molecule has 0 fully saturated rings. The number of para-hydroxylation sites is 1. The standard InChI is InChI=1S/C22H28N2O2S/c1-4-26-21(25)11-7-8-14-23-22-17-9-5-6-10-19(17)24(3)27-20-15-16(2)12-13-18(20)22/h5-6,9-10,12-13,15,22-23H,4,7-8,11,14H2,1-3H3. The topological polar surface area (TPSA) is 41.6 Å². The van der Waals surface area contributed by atoms with Crippen molar-refractivity contribution in [3.63, 3.8) is 0 Å². The van der Waals surface area contributed by atoms with E-state index in [-0.39, 0.29) is 12.0 Å². The van der Waals surface area contributed by atoms with Crippen LogP contribution in [-0.2, 0) is 9.53 Å². The van der Waals surface area contributed by atoms with Crippen molar-refractivity contribution < 1.29 is 9.53 Å². The van der Waals surface area contributed by atoms with Crippen molar-refractivity contribution in [1.82, 2.24) is 5.32 Å². The summed E-state index contributed by atoms with van der Waals surface area (Å²) < 4.78 is 7.25. The van der Waals surface area contributed by atoms with Crippen LogP contribution in [0.25, 0.3) is 0 Å². The van der Waals surface area contributed by atoms with Gasteiger partial charge in [0.15, 0.2) is 0 Å². The highest BCUT2D eigenvalue weighted by Crippen LogP contribution is 2.43. The molecule has 0 aromatic heterocycles. The number of hydrogen-bond acceptors (Lipinski definition) is 5. The van der Waals surface area contributed by atoms with E-state index in [9.17, 15) is 4.79 Å². The molecule has 4 nitrogen and oxygen atoms in total. The van der Waals surface area contributed by atoms with E-state index < -0.39 is 0 Å². The molecule has 1 aliphatic heterocycles. The first-order valence-corrected chi connectivity index (χ1v) is 10.4. The smallest absolute Gasteiger partial charge is 0.305 e. The molecule has 144 valence electrons. The number of esters is 1. The van der Waals surface area contributed by atoms with Gasteiger partial charge in [0.2, 0.25) is 0 Å². The SMILES string of the molecule is CCOC(=O)CCCCNC1c2ccc(C)cc2SN(C)c2ccccc21. The first kappa shape index (κ1) is 19.8. The Morgan fingerprint density at radius 2 is 2.00 bits per heavy atom. The average molecular weight is 385 g/mol. The molecule has 2 aromatic carbocycles. The molecule has 0 saturated heterocycles. The van der Waals surface area contributed by atoms with Crippen LogP contribution in [0.2, 0.25) is 0 Å². The summed E-state index contributed by atoms with van der Waals surface area (Å²) in [5.74, 6) is -0.101. The molecule has 0 bridgehead atoms. The predicted molar refractivity (Wildman–Crippen MR) is 112 cm³/mol. The molecule has 1 atom stereocenters. The molecule has 0 spiro atoms. The van der Waals surface area contributed by atoms with Crippen molar-refractivity contribution in [2.45, 2.75) is 44.0 Å². The van der Waals surface area contributed by atoms with E-state index in [0.29, 0.717) is 13.0 Å². The highest BCUT2D eigenvalue weighted by Gasteiger charge is 2.26. The molecule has 0 amide bonds. The van der Waals surface area contributed by atoms with Gasteiger partial charge in [0.25, 0.3) is 0 Å². The Hall–Kier alpha value is -1.98. The Labute approximate surface area is 166 Å². The first-order valence-electron chi connectivity index (χ1n) is 9.60. The maximum absolute atomic E-state index is 11.5. The molecule has 3 rings (SSSR count). The van der Waals surface area contributed by atoms with Gasteiger partial charge in [0.1, 0.15) is 0 Å². The van der Waals surface area contributed by atoms with Crippen LogP contribution >= 0.6 is 11.9 Å². The third-order valence-electron chi connectivity index (χ3n) is 4.76. The van der Waals surface area contributed by atoms with Crippen LogP contribution in [0.5, 0.6) is 0 Å². The molecule has 0 saturated carbocycles. The summed E-state index contributed by atoms with van der Waals surface area (Å²) in [6.45, 7) is 5.30. The molecule has 1 heterocycles. The summed E-state index contributed by atoms with van der Waals surface area (Å²) in [4.78, 5) is 12.8. The lowest BCUT2D eigenvalue weighted by atomic mass is 9.96. The second kappa shape index (κ2) is 9.29. The number of benzene rings is 2. The summed E-state index contributed by atoms with van der Waals surface area (Å²) in [5.41, 5.74) is 5.11. The van der Waals surface area contributed by atoms with Crippen LogP contribution in [-0.4, -0.2) is 26.2 Å². The minimum Gasteiger partial charge on any atom is -0.466 e. The van der Waals surface area contributed by atoms with E-state index in [4.69, 9.17) is 4.74 Å². The van der Waals surface area contributed by atoms with Crippen LogP contribution in [0.3, 0.4) is 0 Å². The zero-order valence-corrected chi connectivity index (χ0v) is 17.1. The fourth-order valence-electron chi connectivity index (χ4n) is 3.44. The Bertz CT molecular complexity index is 794. The monoisotopic (exact) mass is 384 g/mol. The second-order valence-corrected chi connectivity index (χ2v) is 8.01. The zero-order chi connectivity index (χ0) is 19.2. The molecule has 5 heteroatoms. The van der Waals surface area contributed by atoms with Crippen molar-refractivity contribution in [2.75, 3.05) is 24.5 Å². The highest BCUT2D eigenvalue weighted by atomic mass is 32.2. The van der Waals surface area contributed by atoms with E-state index in [1.165, 1.54) is 27.3 Å². The molecular weight excluding hydrogens is 356 g/mol. The Kier molecular flexibility index (Phi) is 6.80. The van der Waals surface area contributed by atoms with E-state index in [1.807, 2.05) is 6.92 Å². The number of nitrogens with one attached hydrogen (secondary N) is 1. The first-order chi connectivity index (χ1) is 13.1. The number of unbranched alkanes of at least 4 members (excludes halogenated alkanes) is 1. The van der Waals surface area contributed by atoms with Gasteiger partial charge in [0.05, 0.1) is 18.3 Å². The van der Waals surface area contributed by atoms with Crippen molar-refractivity contribution in [3.8, 4) is 0 Å². The van der Waals surface area contributed by atoms with Crippen molar-refractivity contribution in [2.24, 2.45) is 0 Å².